The molecule has 2 N–H and O–H groups in total. The van der Waals surface area contributed by atoms with Crippen LogP contribution in [0.5, 0.6) is 0 Å². The first kappa shape index (κ1) is 31.3. The van der Waals surface area contributed by atoms with Gasteiger partial charge in [0.25, 0.3) is 0 Å². The zero-order chi connectivity index (χ0) is 29.5. The Morgan fingerprint density at radius 2 is 1.55 bits per heavy atom. The summed E-state index contributed by atoms with van der Waals surface area (Å²) in [6.45, 7) is 15.8. The molecule has 1 amide bonds. The standard InChI is InChI=1S/C35H60ClN5O/c1-6-31(42)39-19-24(5)40(20-23(39)4)34-29-18-30(36)32-28-16-10-9-13-25(28)12-7-8-14-26-15-11-17-27(22(2)3)33(26)41(21-37-34)35(29)38-32/h6,22-30,32-35,37-38H,1,7-21H2,2-5H3/t23-,24+,25?,26?,27?,28?,29?,30?,32?,33?,34?,35?/m1/s1. The van der Waals surface area contributed by atoms with Gasteiger partial charge < -0.3 is 4.90 Å². The summed E-state index contributed by atoms with van der Waals surface area (Å²) in [5.74, 6) is 4.30. The number of halogens is 1. The number of fused-ring (bicyclic) bond motifs is 5. The van der Waals surface area contributed by atoms with Crippen molar-refractivity contribution < 1.29 is 4.79 Å². The van der Waals surface area contributed by atoms with Crippen molar-refractivity contribution in [2.24, 2.45) is 35.5 Å². The molecule has 6 rings (SSSR count). The van der Waals surface area contributed by atoms with Crippen LogP contribution in [0.1, 0.15) is 105 Å². The lowest BCUT2D eigenvalue weighted by Gasteiger charge is -2.61. The molecule has 4 aliphatic heterocycles. The highest BCUT2D eigenvalue weighted by Crippen LogP contribution is 2.47. The van der Waals surface area contributed by atoms with Crippen molar-refractivity contribution in [3.05, 3.63) is 12.7 Å². The van der Waals surface area contributed by atoms with E-state index in [1.54, 1.807) is 0 Å². The molecule has 42 heavy (non-hydrogen) atoms. The molecular formula is C35H60ClN5O. The van der Waals surface area contributed by atoms with E-state index in [-0.39, 0.29) is 23.5 Å². The van der Waals surface area contributed by atoms with Crippen molar-refractivity contribution >= 4 is 17.5 Å². The lowest BCUT2D eigenvalue weighted by Crippen LogP contribution is -2.77. The van der Waals surface area contributed by atoms with Crippen molar-refractivity contribution in [2.45, 2.75) is 147 Å². The van der Waals surface area contributed by atoms with E-state index in [1.807, 2.05) is 4.90 Å². The molecule has 2 aliphatic carbocycles. The van der Waals surface area contributed by atoms with Crippen LogP contribution in [0, 0.1) is 35.5 Å². The first-order valence-electron chi connectivity index (χ1n) is 17.9. The van der Waals surface area contributed by atoms with Gasteiger partial charge in [0.05, 0.1) is 19.0 Å². The number of nitrogens with one attached hydrogen (secondary N) is 2. The van der Waals surface area contributed by atoms with Gasteiger partial charge in [0, 0.05) is 48.6 Å². The van der Waals surface area contributed by atoms with E-state index in [9.17, 15) is 4.79 Å². The zero-order valence-electron chi connectivity index (χ0n) is 27.0. The lowest BCUT2D eigenvalue weighted by molar-refractivity contribution is -0.141. The Morgan fingerprint density at radius 1 is 0.857 bits per heavy atom. The summed E-state index contributed by atoms with van der Waals surface area (Å²) in [5, 5.41) is 8.70. The van der Waals surface area contributed by atoms with Crippen LogP contribution >= 0.6 is 11.6 Å². The third kappa shape index (κ3) is 5.98. The number of hydrogen-bond donors (Lipinski definition) is 2. The minimum absolute atomic E-state index is 0.0594. The molecule has 7 heteroatoms. The molecule has 0 aromatic rings. The SMILES string of the molecule is C=CC(=O)N1C[C@H](C)N(C2NCN3C4NC(C(Cl)CC42)C2CCCCC2CCCCC2CCCC(C(C)C)C23)C[C@H]1C. The van der Waals surface area contributed by atoms with Gasteiger partial charge in [0.2, 0.25) is 5.91 Å². The van der Waals surface area contributed by atoms with Gasteiger partial charge in [0.15, 0.2) is 0 Å². The Hall–Kier alpha value is -0.660. The van der Waals surface area contributed by atoms with Gasteiger partial charge in [-0.2, -0.15) is 0 Å². The maximum Gasteiger partial charge on any atom is 0.246 e. The second kappa shape index (κ2) is 13.4. The van der Waals surface area contributed by atoms with Gasteiger partial charge in [0.1, 0.15) is 0 Å². The van der Waals surface area contributed by atoms with Gasteiger partial charge in [-0.15, -0.1) is 11.6 Å². The van der Waals surface area contributed by atoms with E-state index in [4.69, 9.17) is 11.6 Å². The number of carbonyl (C=O) groups excluding carboxylic acids is 1. The van der Waals surface area contributed by atoms with E-state index in [0.717, 1.165) is 43.9 Å². The molecule has 10 unspecified atom stereocenters. The molecule has 6 aliphatic rings. The Labute approximate surface area is 261 Å². The second-order valence-electron chi connectivity index (χ2n) is 15.5. The first-order valence-corrected chi connectivity index (χ1v) is 18.3. The molecule has 238 valence electrons. The Bertz CT molecular complexity index is 946. The minimum atomic E-state index is 0.0594. The first-order chi connectivity index (χ1) is 20.3. The van der Waals surface area contributed by atoms with E-state index in [0.29, 0.717) is 42.0 Å². The fourth-order valence-electron chi connectivity index (χ4n) is 10.8. The Balaban J connectivity index is 1.33. The third-order valence-corrected chi connectivity index (χ3v) is 13.3. The molecular weight excluding hydrogens is 542 g/mol. The van der Waals surface area contributed by atoms with Gasteiger partial charge in [-0.25, -0.2) is 0 Å². The molecule has 4 heterocycles. The van der Waals surface area contributed by atoms with Crippen LogP contribution in [0.3, 0.4) is 0 Å². The number of alkyl halides is 1. The van der Waals surface area contributed by atoms with Gasteiger partial charge in [-0.1, -0.05) is 65.4 Å². The van der Waals surface area contributed by atoms with Gasteiger partial charge >= 0.3 is 0 Å². The summed E-state index contributed by atoms with van der Waals surface area (Å²) < 4.78 is 0. The normalized spacial score (nSPS) is 45.7. The molecule has 6 nitrogen and oxygen atoms in total. The van der Waals surface area contributed by atoms with Crippen LogP contribution in [0.15, 0.2) is 12.7 Å². The molecule has 6 fully saturated rings. The summed E-state index contributed by atoms with van der Waals surface area (Å²) in [6, 6.07) is 1.52. The predicted octanol–water partition coefficient (Wildman–Crippen LogP) is 6.02. The number of carbonyl (C=O) groups is 1. The number of hydrogen-bond acceptors (Lipinski definition) is 5. The minimum Gasteiger partial charge on any atom is -0.334 e. The van der Waals surface area contributed by atoms with E-state index in [2.05, 4.69) is 54.7 Å². The van der Waals surface area contributed by atoms with Crippen LogP contribution < -0.4 is 10.6 Å². The quantitative estimate of drug-likeness (QED) is 0.306. The van der Waals surface area contributed by atoms with Crippen molar-refractivity contribution in [3.8, 4) is 0 Å². The summed E-state index contributed by atoms with van der Waals surface area (Å²) in [6.07, 6.45) is 18.5. The smallest absolute Gasteiger partial charge is 0.246 e. The topological polar surface area (TPSA) is 50.9 Å². The van der Waals surface area contributed by atoms with Gasteiger partial charge in [-0.3, -0.25) is 25.2 Å². The highest BCUT2D eigenvalue weighted by atomic mass is 35.5. The predicted molar refractivity (Wildman–Crippen MR) is 173 cm³/mol. The molecule has 2 bridgehead atoms. The second-order valence-corrected chi connectivity index (χ2v) is 16.1. The fourth-order valence-corrected chi connectivity index (χ4v) is 11.3. The number of piperidine rings is 1. The number of nitrogens with zero attached hydrogens (tertiary/aromatic N) is 3. The highest BCUT2D eigenvalue weighted by molar-refractivity contribution is 6.21. The lowest BCUT2D eigenvalue weighted by atomic mass is 9.67. The Morgan fingerprint density at radius 3 is 2.26 bits per heavy atom. The highest BCUT2D eigenvalue weighted by Gasteiger charge is 2.54. The molecule has 0 radical (unpaired) electrons. The van der Waals surface area contributed by atoms with E-state index >= 15 is 0 Å². The fraction of sp³-hybridized carbons (Fsp3) is 0.914. The molecule has 0 aromatic carbocycles. The van der Waals surface area contributed by atoms with Crippen LogP contribution in [0.2, 0.25) is 0 Å². The van der Waals surface area contributed by atoms with Crippen LogP contribution in [0.25, 0.3) is 0 Å². The van der Waals surface area contributed by atoms with Crippen molar-refractivity contribution in [2.75, 3.05) is 19.8 Å². The number of rotatable bonds is 3. The molecule has 0 spiro atoms. The summed E-state index contributed by atoms with van der Waals surface area (Å²) in [4.78, 5) is 20.3. The average Bonchev–Trinajstić information content (AvgIpc) is 2.98. The number of amides is 1. The molecule has 2 saturated carbocycles. The molecule has 0 aromatic heterocycles. The average molecular weight is 602 g/mol. The third-order valence-electron chi connectivity index (χ3n) is 12.9. The van der Waals surface area contributed by atoms with Gasteiger partial charge in [-0.05, 0) is 81.6 Å². The summed E-state index contributed by atoms with van der Waals surface area (Å²) >= 11 is 7.52. The monoisotopic (exact) mass is 601 g/mol. The largest absolute Gasteiger partial charge is 0.334 e. The number of piperazine rings is 1. The van der Waals surface area contributed by atoms with Crippen molar-refractivity contribution in [3.63, 3.8) is 0 Å². The van der Waals surface area contributed by atoms with Crippen LogP contribution in [-0.4, -0.2) is 82.2 Å². The van der Waals surface area contributed by atoms with E-state index < -0.39 is 0 Å². The maximum atomic E-state index is 12.6. The molecule has 12 atom stereocenters. The molecule has 4 saturated heterocycles. The maximum absolute atomic E-state index is 12.6. The van der Waals surface area contributed by atoms with E-state index in [1.165, 1.54) is 76.7 Å². The van der Waals surface area contributed by atoms with Crippen molar-refractivity contribution in [1.29, 1.82) is 0 Å². The van der Waals surface area contributed by atoms with Crippen LogP contribution in [0.4, 0.5) is 0 Å². The zero-order valence-corrected chi connectivity index (χ0v) is 27.8. The van der Waals surface area contributed by atoms with Crippen LogP contribution in [-0.2, 0) is 4.79 Å². The Kier molecular flexibility index (Phi) is 9.97. The summed E-state index contributed by atoms with van der Waals surface area (Å²) in [5.41, 5.74) is 0. The van der Waals surface area contributed by atoms with Crippen molar-refractivity contribution in [1.82, 2.24) is 25.3 Å². The summed E-state index contributed by atoms with van der Waals surface area (Å²) in [7, 11) is 0.